The van der Waals surface area contributed by atoms with E-state index >= 15 is 0 Å². The van der Waals surface area contributed by atoms with Crippen LogP contribution in [0.2, 0.25) is 0 Å². The van der Waals surface area contributed by atoms with Gasteiger partial charge in [-0.25, -0.2) is 4.90 Å². The van der Waals surface area contributed by atoms with Gasteiger partial charge in [0.1, 0.15) is 0 Å². The van der Waals surface area contributed by atoms with Gasteiger partial charge in [-0.15, -0.1) is 0 Å². The Morgan fingerprint density at radius 3 is 2.55 bits per heavy atom. The first-order valence-corrected chi connectivity index (χ1v) is 6.89. The lowest BCUT2D eigenvalue weighted by Gasteiger charge is -2.36. The van der Waals surface area contributed by atoms with Crippen molar-refractivity contribution >= 4 is 17.5 Å². The number of methoxy groups -OCH3 is 1. The molecule has 3 rings (SSSR count). The van der Waals surface area contributed by atoms with Gasteiger partial charge in [0.05, 0.1) is 24.3 Å². The number of nitrogens with zero attached hydrogens (tertiary/aromatic N) is 1. The van der Waals surface area contributed by atoms with Gasteiger partial charge in [-0.3, -0.25) is 9.59 Å². The number of hydrogen-bond acceptors (Lipinski definition) is 4. The number of rotatable bonds is 4. The first-order valence-electron chi connectivity index (χ1n) is 6.89. The van der Waals surface area contributed by atoms with Crippen LogP contribution in [0.25, 0.3) is 0 Å². The predicted octanol–water partition coefficient (Wildman–Crippen LogP) is 1.09. The Hall–Kier alpha value is -1.72. The molecule has 0 radical (unpaired) electrons. The Labute approximate surface area is 117 Å². The van der Waals surface area contributed by atoms with E-state index in [2.05, 4.69) is 5.32 Å². The molecule has 0 aromatic heterocycles. The van der Waals surface area contributed by atoms with Crippen molar-refractivity contribution in [2.45, 2.75) is 37.5 Å². The largest absolute Gasteiger partial charge is 0.381 e. The summed E-state index contributed by atoms with van der Waals surface area (Å²) in [5.41, 5.74) is 0.648. The zero-order chi connectivity index (χ0) is 14.1. The van der Waals surface area contributed by atoms with Gasteiger partial charge in [0.2, 0.25) is 5.91 Å². The second-order valence-corrected chi connectivity index (χ2v) is 5.35. The molecule has 1 aliphatic heterocycles. The van der Waals surface area contributed by atoms with Gasteiger partial charge >= 0.3 is 0 Å². The molecule has 20 heavy (non-hydrogen) atoms. The molecule has 106 valence electrons. The number of carbonyl (C=O) groups is 2. The van der Waals surface area contributed by atoms with Gasteiger partial charge in [0.15, 0.2) is 0 Å². The van der Waals surface area contributed by atoms with Crippen LogP contribution in [0.5, 0.6) is 0 Å². The van der Waals surface area contributed by atoms with Crippen molar-refractivity contribution in [3.8, 4) is 0 Å². The second kappa shape index (κ2) is 5.34. The molecule has 2 aliphatic rings. The zero-order valence-electron chi connectivity index (χ0n) is 11.4. The van der Waals surface area contributed by atoms with E-state index < -0.39 is 6.04 Å². The average Bonchev–Trinajstić information content (AvgIpc) is 2.69. The number of imide groups is 1. The molecule has 1 saturated carbocycles. The highest BCUT2D eigenvalue weighted by atomic mass is 16.5. The normalized spacial score (nSPS) is 29.6. The number of anilines is 1. The Kier molecular flexibility index (Phi) is 3.54. The van der Waals surface area contributed by atoms with Crippen LogP contribution in [-0.2, 0) is 14.3 Å². The van der Waals surface area contributed by atoms with E-state index in [0.717, 1.165) is 12.8 Å². The molecule has 2 fully saturated rings. The molecular formula is C15H18N2O3. The van der Waals surface area contributed by atoms with Gasteiger partial charge in [0.25, 0.3) is 5.91 Å². The summed E-state index contributed by atoms with van der Waals surface area (Å²) in [4.78, 5) is 25.7. The molecule has 1 aromatic carbocycles. The van der Waals surface area contributed by atoms with E-state index in [4.69, 9.17) is 4.74 Å². The van der Waals surface area contributed by atoms with Gasteiger partial charge in [0, 0.05) is 13.2 Å². The minimum absolute atomic E-state index is 0.138. The van der Waals surface area contributed by atoms with Crippen LogP contribution in [0, 0.1) is 0 Å². The van der Waals surface area contributed by atoms with Crippen molar-refractivity contribution in [1.29, 1.82) is 0 Å². The predicted molar refractivity (Wildman–Crippen MR) is 74.3 cm³/mol. The van der Waals surface area contributed by atoms with Crippen molar-refractivity contribution in [2.24, 2.45) is 0 Å². The summed E-state index contributed by atoms with van der Waals surface area (Å²) in [5.74, 6) is -0.289. The van der Waals surface area contributed by atoms with Crippen molar-refractivity contribution < 1.29 is 14.3 Å². The summed E-state index contributed by atoms with van der Waals surface area (Å²) in [6, 6.07) is 8.95. The first kappa shape index (κ1) is 13.3. The third kappa shape index (κ3) is 2.34. The van der Waals surface area contributed by atoms with Gasteiger partial charge in [-0.1, -0.05) is 18.2 Å². The fourth-order valence-corrected chi connectivity index (χ4v) is 2.79. The van der Waals surface area contributed by atoms with Gasteiger partial charge in [-0.2, -0.15) is 0 Å². The van der Waals surface area contributed by atoms with Crippen LogP contribution in [-0.4, -0.2) is 37.1 Å². The molecule has 1 unspecified atom stereocenters. The van der Waals surface area contributed by atoms with Crippen molar-refractivity contribution in [2.75, 3.05) is 12.0 Å². The van der Waals surface area contributed by atoms with E-state index in [1.807, 2.05) is 18.2 Å². The van der Waals surface area contributed by atoms with Crippen LogP contribution in [0.4, 0.5) is 5.69 Å². The maximum absolute atomic E-state index is 12.4. The van der Waals surface area contributed by atoms with Crippen molar-refractivity contribution in [3.05, 3.63) is 30.3 Å². The molecule has 1 saturated heterocycles. The van der Waals surface area contributed by atoms with Gasteiger partial charge < -0.3 is 10.1 Å². The maximum atomic E-state index is 12.4. The van der Waals surface area contributed by atoms with E-state index in [9.17, 15) is 9.59 Å². The molecule has 5 heteroatoms. The summed E-state index contributed by atoms with van der Waals surface area (Å²) >= 11 is 0. The average molecular weight is 274 g/mol. The highest BCUT2D eigenvalue weighted by Gasteiger charge is 2.42. The van der Waals surface area contributed by atoms with Gasteiger partial charge in [-0.05, 0) is 25.0 Å². The summed E-state index contributed by atoms with van der Waals surface area (Å²) < 4.78 is 5.22. The molecule has 1 N–H and O–H groups in total. The Bertz CT molecular complexity index is 511. The molecule has 1 aromatic rings. The lowest BCUT2D eigenvalue weighted by atomic mass is 9.88. The highest BCUT2D eigenvalue weighted by Crippen LogP contribution is 2.27. The molecule has 0 spiro atoms. The Balaban J connectivity index is 1.65. The molecule has 1 heterocycles. The topological polar surface area (TPSA) is 58.6 Å². The molecule has 1 atom stereocenters. The first-order chi connectivity index (χ1) is 9.69. The Morgan fingerprint density at radius 1 is 1.20 bits per heavy atom. The van der Waals surface area contributed by atoms with Crippen LogP contribution in [0.1, 0.15) is 19.3 Å². The number of hydrogen-bond donors (Lipinski definition) is 1. The smallest absolute Gasteiger partial charge is 0.251 e. The summed E-state index contributed by atoms with van der Waals surface area (Å²) in [6.45, 7) is 0. The highest BCUT2D eigenvalue weighted by molar-refractivity contribution is 6.22. The quantitative estimate of drug-likeness (QED) is 0.835. The lowest BCUT2D eigenvalue weighted by Crippen LogP contribution is -2.51. The molecular weight excluding hydrogens is 256 g/mol. The molecule has 5 nitrogen and oxygen atoms in total. The maximum Gasteiger partial charge on any atom is 0.251 e. The molecule has 0 bridgehead atoms. The molecule has 2 amide bonds. The van der Waals surface area contributed by atoms with Crippen molar-refractivity contribution in [3.63, 3.8) is 0 Å². The molecule has 1 aliphatic carbocycles. The van der Waals surface area contributed by atoms with Crippen LogP contribution in [0.15, 0.2) is 30.3 Å². The van der Waals surface area contributed by atoms with Crippen LogP contribution >= 0.6 is 0 Å². The number of carbonyl (C=O) groups excluding carboxylic acids is 2. The number of nitrogens with one attached hydrogen (secondary N) is 1. The summed E-state index contributed by atoms with van der Waals surface area (Å²) in [7, 11) is 1.70. The fourth-order valence-electron chi connectivity index (χ4n) is 2.79. The SMILES string of the molecule is COC1CC(NC2CC(=O)N(c3ccccc3)C2=O)C1. The summed E-state index contributed by atoms with van der Waals surface area (Å²) in [6.07, 6.45) is 2.33. The van der Waals surface area contributed by atoms with E-state index in [1.165, 1.54) is 4.90 Å². The van der Waals surface area contributed by atoms with Crippen LogP contribution in [0.3, 0.4) is 0 Å². The number of para-hydroxylation sites is 1. The minimum Gasteiger partial charge on any atom is -0.381 e. The van der Waals surface area contributed by atoms with Crippen LogP contribution < -0.4 is 10.2 Å². The van der Waals surface area contributed by atoms with E-state index in [-0.39, 0.29) is 30.4 Å². The van der Waals surface area contributed by atoms with Crippen molar-refractivity contribution in [1.82, 2.24) is 5.32 Å². The lowest BCUT2D eigenvalue weighted by molar-refractivity contribution is -0.121. The third-order valence-electron chi connectivity index (χ3n) is 4.03. The second-order valence-electron chi connectivity index (χ2n) is 5.35. The zero-order valence-corrected chi connectivity index (χ0v) is 11.4. The number of amides is 2. The summed E-state index contributed by atoms with van der Waals surface area (Å²) in [5, 5.41) is 3.27. The number of ether oxygens (including phenoxy) is 1. The standard InChI is InChI=1S/C15H18N2O3/c1-20-12-7-10(8-12)16-13-9-14(18)17(15(13)19)11-5-3-2-4-6-11/h2-6,10,12-13,16H,7-9H2,1H3. The fraction of sp³-hybridized carbons (Fsp3) is 0.467. The third-order valence-corrected chi connectivity index (χ3v) is 4.03. The van der Waals surface area contributed by atoms with E-state index in [0.29, 0.717) is 5.69 Å². The monoisotopic (exact) mass is 274 g/mol. The van der Waals surface area contributed by atoms with E-state index in [1.54, 1.807) is 19.2 Å². The Morgan fingerprint density at radius 2 is 1.90 bits per heavy atom. The minimum atomic E-state index is -0.398. The number of benzene rings is 1.